The molecule has 0 atom stereocenters. The summed E-state index contributed by atoms with van der Waals surface area (Å²) in [5.41, 5.74) is 5.65. The number of aryl methyl sites for hydroxylation is 2. The number of fused-ring (bicyclic) bond motifs is 1. The SMILES string of the molecule is CCn1c(C)c(C)c2nccc(OCc3ccc(Cl)cc3)c21.Cl. The van der Waals surface area contributed by atoms with Crippen molar-refractivity contribution in [2.24, 2.45) is 0 Å². The topological polar surface area (TPSA) is 27.1 Å². The Balaban J connectivity index is 0.00000192. The van der Waals surface area contributed by atoms with Crippen LogP contribution in [0.1, 0.15) is 23.7 Å². The van der Waals surface area contributed by atoms with Crippen molar-refractivity contribution in [1.82, 2.24) is 9.55 Å². The number of nitrogens with zero attached hydrogens (tertiary/aromatic N) is 2. The van der Waals surface area contributed by atoms with E-state index in [0.29, 0.717) is 6.61 Å². The summed E-state index contributed by atoms with van der Waals surface area (Å²) < 4.78 is 8.31. The highest BCUT2D eigenvalue weighted by Crippen LogP contribution is 2.31. The molecule has 122 valence electrons. The van der Waals surface area contributed by atoms with Crippen molar-refractivity contribution < 1.29 is 4.74 Å². The van der Waals surface area contributed by atoms with E-state index in [4.69, 9.17) is 16.3 Å². The van der Waals surface area contributed by atoms with Crippen LogP contribution in [0.15, 0.2) is 36.5 Å². The Morgan fingerprint density at radius 3 is 2.48 bits per heavy atom. The molecule has 23 heavy (non-hydrogen) atoms. The summed E-state index contributed by atoms with van der Waals surface area (Å²) in [5.74, 6) is 0.873. The van der Waals surface area contributed by atoms with E-state index < -0.39 is 0 Å². The fourth-order valence-corrected chi connectivity index (χ4v) is 2.89. The molecule has 0 amide bonds. The molecule has 5 heteroatoms. The molecule has 0 spiro atoms. The number of benzene rings is 1. The van der Waals surface area contributed by atoms with E-state index in [1.54, 1.807) is 0 Å². The molecule has 1 aromatic carbocycles. The van der Waals surface area contributed by atoms with E-state index in [1.165, 1.54) is 11.3 Å². The van der Waals surface area contributed by atoms with E-state index in [-0.39, 0.29) is 12.4 Å². The van der Waals surface area contributed by atoms with Gasteiger partial charge in [0.25, 0.3) is 0 Å². The highest BCUT2D eigenvalue weighted by atomic mass is 35.5. The Labute approximate surface area is 147 Å². The third kappa shape index (κ3) is 3.31. The van der Waals surface area contributed by atoms with Gasteiger partial charge < -0.3 is 9.30 Å². The van der Waals surface area contributed by atoms with Crippen LogP contribution in [0.3, 0.4) is 0 Å². The van der Waals surface area contributed by atoms with Gasteiger partial charge in [0.05, 0.1) is 5.52 Å². The van der Waals surface area contributed by atoms with Crippen LogP contribution in [-0.4, -0.2) is 9.55 Å². The minimum absolute atomic E-state index is 0. The first-order valence-corrected chi connectivity index (χ1v) is 7.81. The minimum Gasteiger partial charge on any atom is -0.487 e. The molecule has 0 N–H and O–H groups in total. The van der Waals surface area contributed by atoms with Crippen LogP contribution in [0.5, 0.6) is 5.75 Å². The number of hydrogen-bond donors (Lipinski definition) is 0. The van der Waals surface area contributed by atoms with Gasteiger partial charge in [-0.15, -0.1) is 12.4 Å². The number of halogens is 2. The van der Waals surface area contributed by atoms with Gasteiger partial charge in [0.15, 0.2) is 0 Å². The average molecular weight is 351 g/mol. The molecule has 0 aliphatic carbocycles. The second-order valence-electron chi connectivity index (χ2n) is 5.38. The zero-order valence-electron chi connectivity index (χ0n) is 13.5. The molecule has 0 saturated carbocycles. The van der Waals surface area contributed by atoms with E-state index in [1.807, 2.05) is 36.5 Å². The predicted octanol–water partition coefficient (Wildman–Crippen LogP) is 5.33. The Morgan fingerprint density at radius 1 is 1.13 bits per heavy atom. The molecule has 0 aliphatic heterocycles. The van der Waals surface area contributed by atoms with Gasteiger partial charge in [0, 0.05) is 29.5 Å². The van der Waals surface area contributed by atoms with E-state index >= 15 is 0 Å². The Kier molecular flexibility index (Phi) is 5.55. The summed E-state index contributed by atoms with van der Waals surface area (Å²) in [6.45, 7) is 7.80. The van der Waals surface area contributed by atoms with Crippen molar-refractivity contribution in [3.8, 4) is 5.75 Å². The van der Waals surface area contributed by atoms with Gasteiger partial charge in [-0.3, -0.25) is 4.98 Å². The average Bonchev–Trinajstić information content (AvgIpc) is 2.79. The first-order valence-electron chi connectivity index (χ1n) is 7.43. The first kappa shape index (κ1) is 17.6. The Bertz CT molecular complexity index is 810. The number of aromatic nitrogens is 2. The lowest BCUT2D eigenvalue weighted by Crippen LogP contribution is -2.01. The zero-order valence-corrected chi connectivity index (χ0v) is 15.0. The molecule has 2 heterocycles. The highest BCUT2D eigenvalue weighted by Gasteiger charge is 2.15. The van der Waals surface area contributed by atoms with Crippen molar-refractivity contribution >= 4 is 35.0 Å². The van der Waals surface area contributed by atoms with Crippen LogP contribution in [0.2, 0.25) is 5.02 Å². The molecular weight excluding hydrogens is 331 g/mol. The van der Waals surface area contributed by atoms with Crippen LogP contribution >= 0.6 is 24.0 Å². The van der Waals surface area contributed by atoms with Crippen LogP contribution in [0, 0.1) is 13.8 Å². The third-order valence-corrected chi connectivity index (χ3v) is 4.34. The summed E-state index contributed by atoms with van der Waals surface area (Å²) in [6, 6.07) is 9.66. The zero-order chi connectivity index (χ0) is 15.7. The molecule has 3 rings (SSSR count). The molecule has 0 aliphatic rings. The molecule has 3 aromatic rings. The highest BCUT2D eigenvalue weighted by molar-refractivity contribution is 6.30. The molecule has 0 radical (unpaired) electrons. The summed E-state index contributed by atoms with van der Waals surface area (Å²) in [7, 11) is 0. The van der Waals surface area contributed by atoms with Crippen molar-refractivity contribution in [1.29, 1.82) is 0 Å². The maximum atomic E-state index is 6.05. The van der Waals surface area contributed by atoms with Gasteiger partial charge in [-0.1, -0.05) is 23.7 Å². The van der Waals surface area contributed by atoms with Gasteiger partial charge in [0.1, 0.15) is 17.9 Å². The molecule has 0 fully saturated rings. The quantitative estimate of drug-likeness (QED) is 0.635. The van der Waals surface area contributed by atoms with Gasteiger partial charge in [-0.05, 0) is 44.0 Å². The monoisotopic (exact) mass is 350 g/mol. The van der Waals surface area contributed by atoms with Crippen molar-refractivity contribution in [3.05, 3.63) is 58.4 Å². The largest absolute Gasteiger partial charge is 0.487 e. The second kappa shape index (κ2) is 7.24. The summed E-state index contributed by atoms with van der Waals surface area (Å²) >= 11 is 5.91. The number of pyridine rings is 1. The molecule has 0 saturated heterocycles. The van der Waals surface area contributed by atoms with E-state index in [2.05, 4.69) is 30.3 Å². The fraction of sp³-hybridized carbons (Fsp3) is 0.278. The van der Waals surface area contributed by atoms with Crippen LogP contribution in [-0.2, 0) is 13.2 Å². The minimum atomic E-state index is 0. The lowest BCUT2D eigenvalue weighted by atomic mass is 10.2. The van der Waals surface area contributed by atoms with Crippen LogP contribution < -0.4 is 4.74 Å². The van der Waals surface area contributed by atoms with Gasteiger partial charge in [-0.2, -0.15) is 0 Å². The van der Waals surface area contributed by atoms with Crippen molar-refractivity contribution in [2.75, 3.05) is 0 Å². The standard InChI is InChI=1S/C18H19ClN2O.ClH/c1-4-21-13(3)12(2)17-18(21)16(9-10-20-17)22-11-14-5-7-15(19)8-6-14;/h5-10H,4,11H2,1-3H3;1H. The van der Waals surface area contributed by atoms with Crippen LogP contribution in [0.25, 0.3) is 11.0 Å². The van der Waals surface area contributed by atoms with Gasteiger partial charge >= 0.3 is 0 Å². The summed E-state index contributed by atoms with van der Waals surface area (Å²) in [4.78, 5) is 4.52. The first-order chi connectivity index (χ1) is 10.6. The van der Waals surface area contributed by atoms with Gasteiger partial charge in [0.2, 0.25) is 0 Å². The smallest absolute Gasteiger partial charge is 0.147 e. The fourth-order valence-electron chi connectivity index (χ4n) is 2.77. The maximum Gasteiger partial charge on any atom is 0.147 e. The normalized spacial score (nSPS) is 10.6. The molecule has 0 bridgehead atoms. The molecule has 2 aromatic heterocycles. The van der Waals surface area contributed by atoms with E-state index in [9.17, 15) is 0 Å². The van der Waals surface area contributed by atoms with Crippen molar-refractivity contribution in [2.45, 2.75) is 33.9 Å². The summed E-state index contributed by atoms with van der Waals surface area (Å²) in [5, 5.41) is 0.737. The Morgan fingerprint density at radius 2 is 1.83 bits per heavy atom. The van der Waals surface area contributed by atoms with E-state index in [0.717, 1.165) is 33.9 Å². The number of hydrogen-bond acceptors (Lipinski definition) is 2. The lowest BCUT2D eigenvalue weighted by molar-refractivity contribution is 0.308. The predicted molar refractivity (Wildman–Crippen MR) is 97.9 cm³/mol. The third-order valence-electron chi connectivity index (χ3n) is 4.08. The molecule has 3 nitrogen and oxygen atoms in total. The number of rotatable bonds is 4. The van der Waals surface area contributed by atoms with Crippen LogP contribution in [0.4, 0.5) is 0 Å². The molecular formula is C18H20Cl2N2O. The van der Waals surface area contributed by atoms with Gasteiger partial charge in [-0.25, -0.2) is 0 Å². The maximum absolute atomic E-state index is 6.05. The number of ether oxygens (including phenoxy) is 1. The Hall–Kier alpha value is -1.71. The lowest BCUT2D eigenvalue weighted by Gasteiger charge is -2.11. The second-order valence-corrected chi connectivity index (χ2v) is 5.81. The summed E-state index contributed by atoms with van der Waals surface area (Å²) in [6.07, 6.45) is 1.81. The van der Waals surface area contributed by atoms with Crippen molar-refractivity contribution in [3.63, 3.8) is 0 Å². The molecule has 0 unspecified atom stereocenters.